The largest absolute Gasteiger partial charge is 0.399 e. The summed E-state index contributed by atoms with van der Waals surface area (Å²) >= 11 is 0. The number of carbonyl (C=O) groups excluding carboxylic acids is 1. The van der Waals surface area contributed by atoms with E-state index in [4.69, 9.17) is 5.73 Å². The highest BCUT2D eigenvalue weighted by atomic mass is 16.1. The van der Waals surface area contributed by atoms with Crippen LogP contribution in [0.3, 0.4) is 0 Å². The molecule has 0 aliphatic carbocycles. The molecule has 0 aliphatic rings. The predicted molar refractivity (Wildman–Crippen MR) is 77.6 cm³/mol. The Morgan fingerprint density at radius 3 is 2.61 bits per heavy atom. The Balaban J connectivity index is 2.31. The molecule has 0 spiro atoms. The number of carbonyl (C=O) groups is 1. The third kappa shape index (κ3) is 5.21. The third-order valence-electron chi connectivity index (χ3n) is 3.03. The average molecular weight is 248 g/mol. The third-order valence-corrected chi connectivity index (χ3v) is 3.03. The summed E-state index contributed by atoms with van der Waals surface area (Å²) in [7, 11) is 0. The standard InChI is InChI=1S/C15H24N2O/c1-3-4-5-6-7-8-15(18)17-14-10-9-13(16)11-12(14)2/h9-11H,3-8,16H2,1-2H3,(H,17,18). The van der Waals surface area contributed by atoms with E-state index >= 15 is 0 Å². The van der Waals surface area contributed by atoms with Gasteiger partial charge in [0.15, 0.2) is 0 Å². The van der Waals surface area contributed by atoms with Gasteiger partial charge < -0.3 is 11.1 Å². The molecule has 18 heavy (non-hydrogen) atoms. The SMILES string of the molecule is CCCCCCCC(=O)Nc1ccc(N)cc1C. The zero-order chi connectivity index (χ0) is 13.4. The lowest BCUT2D eigenvalue weighted by atomic mass is 10.1. The van der Waals surface area contributed by atoms with Crippen LogP contribution in [0.15, 0.2) is 18.2 Å². The van der Waals surface area contributed by atoms with E-state index in [0.717, 1.165) is 29.8 Å². The maximum Gasteiger partial charge on any atom is 0.224 e. The molecule has 0 bridgehead atoms. The fraction of sp³-hybridized carbons (Fsp3) is 0.533. The van der Waals surface area contributed by atoms with Gasteiger partial charge in [-0.3, -0.25) is 4.79 Å². The molecule has 1 aromatic carbocycles. The second kappa shape index (κ2) is 7.75. The number of benzene rings is 1. The molecule has 0 fully saturated rings. The number of anilines is 2. The maximum absolute atomic E-state index is 11.7. The predicted octanol–water partition coefficient (Wildman–Crippen LogP) is 3.88. The first-order valence-electron chi connectivity index (χ1n) is 6.79. The minimum atomic E-state index is 0.0966. The number of unbranched alkanes of at least 4 members (excludes halogenated alkanes) is 4. The maximum atomic E-state index is 11.7. The van der Waals surface area contributed by atoms with Crippen molar-refractivity contribution < 1.29 is 4.79 Å². The Bertz CT molecular complexity index is 388. The van der Waals surface area contributed by atoms with Gasteiger partial charge in [-0.25, -0.2) is 0 Å². The van der Waals surface area contributed by atoms with Gasteiger partial charge in [0.25, 0.3) is 0 Å². The fourth-order valence-electron chi connectivity index (χ4n) is 1.93. The lowest BCUT2D eigenvalue weighted by Gasteiger charge is -2.09. The van der Waals surface area contributed by atoms with Crippen molar-refractivity contribution in [3.05, 3.63) is 23.8 Å². The summed E-state index contributed by atoms with van der Waals surface area (Å²) in [4.78, 5) is 11.7. The summed E-state index contributed by atoms with van der Waals surface area (Å²) < 4.78 is 0. The number of nitrogens with two attached hydrogens (primary N) is 1. The van der Waals surface area contributed by atoms with Crippen molar-refractivity contribution in [2.24, 2.45) is 0 Å². The molecule has 1 aromatic rings. The molecule has 0 radical (unpaired) electrons. The van der Waals surface area contributed by atoms with Crippen LogP contribution in [0.5, 0.6) is 0 Å². The van der Waals surface area contributed by atoms with Crippen molar-refractivity contribution in [1.82, 2.24) is 0 Å². The van der Waals surface area contributed by atoms with Crippen molar-refractivity contribution in [3.8, 4) is 0 Å². The van der Waals surface area contributed by atoms with E-state index in [9.17, 15) is 4.79 Å². The fourth-order valence-corrected chi connectivity index (χ4v) is 1.93. The molecule has 100 valence electrons. The summed E-state index contributed by atoms with van der Waals surface area (Å²) in [6.07, 6.45) is 6.44. The highest BCUT2D eigenvalue weighted by Crippen LogP contribution is 2.18. The van der Waals surface area contributed by atoms with Gasteiger partial charge in [-0.2, -0.15) is 0 Å². The number of nitrogen functional groups attached to an aromatic ring is 1. The van der Waals surface area contributed by atoms with Crippen LogP contribution in [-0.4, -0.2) is 5.91 Å². The molecule has 0 saturated carbocycles. The van der Waals surface area contributed by atoms with Crippen LogP contribution in [0.1, 0.15) is 51.0 Å². The van der Waals surface area contributed by atoms with Gasteiger partial charge in [-0.05, 0) is 37.1 Å². The summed E-state index contributed by atoms with van der Waals surface area (Å²) in [5, 5.41) is 2.93. The number of rotatable bonds is 7. The van der Waals surface area contributed by atoms with Gasteiger partial charge in [-0.15, -0.1) is 0 Å². The van der Waals surface area contributed by atoms with E-state index in [1.54, 1.807) is 0 Å². The number of nitrogens with one attached hydrogen (secondary N) is 1. The minimum Gasteiger partial charge on any atom is -0.399 e. The van der Waals surface area contributed by atoms with Gasteiger partial charge in [0.1, 0.15) is 0 Å². The Labute approximate surface area is 110 Å². The molecule has 0 unspecified atom stereocenters. The summed E-state index contributed by atoms with van der Waals surface area (Å²) in [6, 6.07) is 5.54. The lowest BCUT2D eigenvalue weighted by molar-refractivity contribution is -0.116. The second-order valence-corrected chi connectivity index (χ2v) is 4.79. The normalized spacial score (nSPS) is 10.3. The first-order chi connectivity index (χ1) is 8.63. The van der Waals surface area contributed by atoms with E-state index in [2.05, 4.69) is 12.2 Å². The summed E-state index contributed by atoms with van der Waals surface area (Å²) in [6.45, 7) is 4.14. The Hall–Kier alpha value is -1.51. The number of amides is 1. The number of aryl methyl sites for hydroxylation is 1. The molecule has 0 saturated heterocycles. The van der Waals surface area contributed by atoms with Crippen LogP contribution in [-0.2, 0) is 4.79 Å². The van der Waals surface area contributed by atoms with Crippen LogP contribution >= 0.6 is 0 Å². The molecular formula is C15H24N2O. The summed E-state index contributed by atoms with van der Waals surface area (Å²) in [5.74, 6) is 0.0966. The molecule has 0 aromatic heterocycles. The van der Waals surface area contributed by atoms with Crippen molar-refractivity contribution in [3.63, 3.8) is 0 Å². The molecule has 3 nitrogen and oxygen atoms in total. The van der Waals surface area contributed by atoms with E-state index < -0.39 is 0 Å². The molecule has 3 N–H and O–H groups in total. The van der Waals surface area contributed by atoms with E-state index in [0.29, 0.717) is 6.42 Å². The molecule has 1 amide bonds. The number of hydrogen-bond donors (Lipinski definition) is 2. The van der Waals surface area contributed by atoms with E-state index in [1.165, 1.54) is 19.3 Å². The number of hydrogen-bond acceptors (Lipinski definition) is 2. The lowest BCUT2D eigenvalue weighted by Crippen LogP contribution is -2.12. The topological polar surface area (TPSA) is 55.1 Å². The van der Waals surface area contributed by atoms with Gasteiger partial charge >= 0.3 is 0 Å². The first-order valence-corrected chi connectivity index (χ1v) is 6.79. The van der Waals surface area contributed by atoms with E-state index in [1.807, 2.05) is 25.1 Å². The molecule has 0 atom stereocenters. The molecule has 0 aliphatic heterocycles. The first kappa shape index (κ1) is 14.6. The van der Waals surface area contributed by atoms with Gasteiger partial charge in [0.2, 0.25) is 5.91 Å². The Morgan fingerprint density at radius 2 is 1.94 bits per heavy atom. The monoisotopic (exact) mass is 248 g/mol. The van der Waals surface area contributed by atoms with Crippen LogP contribution in [0.25, 0.3) is 0 Å². The van der Waals surface area contributed by atoms with Gasteiger partial charge in [0.05, 0.1) is 0 Å². The average Bonchev–Trinajstić information content (AvgIpc) is 2.32. The van der Waals surface area contributed by atoms with Crippen molar-refractivity contribution in [2.75, 3.05) is 11.1 Å². The van der Waals surface area contributed by atoms with Crippen LogP contribution in [0, 0.1) is 6.92 Å². The Morgan fingerprint density at radius 1 is 1.22 bits per heavy atom. The highest BCUT2D eigenvalue weighted by Gasteiger charge is 2.04. The minimum absolute atomic E-state index is 0.0966. The second-order valence-electron chi connectivity index (χ2n) is 4.79. The van der Waals surface area contributed by atoms with Gasteiger partial charge in [-0.1, -0.05) is 32.6 Å². The van der Waals surface area contributed by atoms with Gasteiger partial charge in [0, 0.05) is 17.8 Å². The smallest absolute Gasteiger partial charge is 0.224 e. The van der Waals surface area contributed by atoms with Crippen molar-refractivity contribution in [2.45, 2.75) is 52.4 Å². The van der Waals surface area contributed by atoms with Crippen molar-refractivity contribution >= 4 is 17.3 Å². The quantitative estimate of drug-likeness (QED) is 0.568. The highest BCUT2D eigenvalue weighted by molar-refractivity contribution is 5.91. The zero-order valence-corrected chi connectivity index (χ0v) is 11.5. The molecular weight excluding hydrogens is 224 g/mol. The molecule has 1 rings (SSSR count). The van der Waals surface area contributed by atoms with Crippen LogP contribution < -0.4 is 11.1 Å². The molecule has 3 heteroatoms. The van der Waals surface area contributed by atoms with E-state index in [-0.39, 0.29) is 5.91 Å². The molecule has 0 heterocycles. The zero-order valence-electron chi connectivity index (χ0n) is 11.5. The Kier molecular flexibility index (Phi) is 6.26. The summed E-state index contributed by atoms with van der Waals surface area (Å²) in [5.41, 5.74) is 8.27. The van der Waals surface area contributed by atoms with Crippen LogP contribution in [0.4, 0.5) is 11.4 Å². The van der Waals surface area contributed by atoms with Crippen LogP contribution in [0.2, 0.25) is 0 Å². The van der Waals surface area contributed by atoms with Crippen molar-refractivity contribution in [1.29, 1.82) is 0 Å².